The topological polar surface area (TPSA) is 130 Å². The van der Waals surface area contributed by atoms with Crippen LogP contribution >= 0.6 is 0 Å². The number of amides is 1. The molecule has 0 aliphatic carbocycles. The molecule has 1 rings (SSSR count). The number of aliphatic carboxylic acids is 1. The molecule has 102 valence electrons. The van der Waals surface area contributed by atoms with Crippen molar-refractivity contribution in [3.63, 3.8) is 0 Å². The molecule has 1 aromatic carbocycles. The van der Waals surface area contributed by atoms with Crippen molar-refractivity contribution in [2.24, 2.45) is 0 Å². The number of hydrogen-bond acceptors (Lipinski definition) is 5. The van der Waals surface area contributed by atoms with Crippen molar-refractivity contribution in [3.05, 3.63) is 39.4 Å². The summed E-state index contributed by atoms with van der Waals surface area (Å²) in [6.45, 7) is 1.06. The number of carbonyl (C=O) groups excluding carboxylic acids is 1. The standard InChI is InChI=1S/C11H12N2O6/c1-6-2-3-7(4-8(6)13(18)19)10(15)12-5-9(14)11(16)17/h2-4,9,14H,5H2,1H3,(H,12,15)(H,16,17). The second kappa shape index (κ2) is 5.91. The number of benzene rings is 1. The second-order valence-electron chi connectivity index (χ2n) is 3.82. The lowest BCUT2D eigenvalue weighted by Crippen LogP contribution is -2.36. The third-order valence-corrected chi connectivity index (χ3v) is 2.41. The Labute approximate surface area is 107 Å². The number of rotatable bonds is 5. The second-order valence-corrected chi connectivity index (χ2v) is 3.82. The summed E-state index contributed by atoms with van der Waals surface area (Å²) in [4.78, 5) is 32.1. The normalized spacial score (nSPS) is 11.7. The van der Waals surface area contributed by atoms with E-state index in [2.05, 4.69) is 5.32 Å². The summed E-state index contributed by atoms with van der Waals surface area (Å²) in [5, 5.41) is 30.3. The molecule has 1 atom stereocenters. The van der Waals surface area contributed by atoms with Crippen LogP contribution in [0.3, 0.4) is 0 Å². The van der Waals surface area contributed by atoms with Gasteiger partial charge in [-0.3, -0.25) is 14.9 Å². The number of carboxylic acids is 1. The summed E-state index contributed by atoms with van der Waals surface area (Å²) in [6.07, 6.45) is -1.72. The molecule has 1 unspecified atom stereocenters. The minimum atomic E-state index is -1.72. The van der Waals surface area contributed by atoms with E-state index in [4.69, 9.17) is 10.2 Å². The Hall–Kier alpha value is -2.48. The molecule has 1 aromatic rings. The minimum Gasteiger partial charge on any atom is -0.479 e. The Morgan fingerprint density at radius 1 is 1.47 bits per heavy atom. The van der Waals surface area contributed by atoms with E-state index in [1.54, 1.807) is 0 Å². The Balaban J connectivity index is 2.80. The zero-order valence-electron chi connectivity index (χ0n) is 9.99. The number of nitro groups is 1. The first-order valence-corrected chi connectivity index (χ1v) is 5.27. The summed E-state index contributed by atoms with van der Waals surface area (Å²) in [6, 6.07) is 3.89. The third kappa shape index (κ3) is 3.75. The summed E-state index contributed by atoms with van der Waals surface area (Å²) >= 11 is 0. The van der Waals surface area contributed by atoms with E-state index in [-0.39, 0.29) is 11.3 Å². The summed E-state index contributed by atoms with van der Waals surface area (Å²) < 4.78 is 0. The molecule has 0 saturated carbocycles. The molecule has 0 aliphatic heterocycles. The number of aryl methyl sites for hydroxylation is 1. The van der Waals surface area contributed by atoms with Crippen molar-refractivity contribution >= 4 is 17.6 Å². The van der Waals surface area contributed by atoms with Crippen molar-refractivity contribution < 1.29 is 24.7 Å². The largest absolute Gasteiger partial charge is 0.479 e. The predicted molar refractivity (Wildman–Crippen MR) is 63.8 cm³/mol. The maximum atomic E-state index is 11.6. The van der Waals surface area contributed by atoms with E-state index >= 15 is 0 Å². The maximum Gasteiger partial charge on any atom is 0.334 e. The average Bonchev–Trinajstić information content (AvgIpc) is 2.35. The molecule has 19 heavy (non-hydrogen) atoms. The molecule has 0 radical (unpaired) electrons. The van der Waals surface area contributed by atoms with Gasteiger partial charge in [-0.05, 0) is 13.0 Å². The van der Waals surface area contributed by atoms with E-state index in [0.29, 0.717) is 5.56 Å². The fraction of sp³-hybridized carbons (Fsp3) is 0.273. The number of nitro benzene ring substituents is 1. The Kier molecular flexibility index (Phi) is 4.54. The van der Waals surface area contributed by atoms with Gasteiger partial charge in [0.2, 0.25) is 0 Å². The third-order valence-electron chi connectivity index (χ3n) is 2.41. The van der Waals surface area contributed by atoms with Gasteiger partial charge in [0.05, 0.1) is 11.5 Å². The number of nitrogens with zero attached hydrogens (tertiary/aromatic N) is 1. The molecule has 0 aliphatic rings. The first kappa shape index (κ1) is 14.6. The van der Waals surface area contributed by atoms with Gasteiger partial charge in [0.1, 0.15) is 0 Å². The highest BCUT2D eigenvalue weighted by Gasteiger charge is 2.17. The minimum absolute atomic E-state index is 0.0230. The highest BCUT2D eigenvalue weighted by molar-refractivity contribution is 5.95. The van der Waals surface area contributed by atoms with Gasteiger partial charge in [-0.15, -0.1) is 0 Å². The maximum absolute atomic E-state index is 11.6. The van der Waals surface area contributed by atoms with Crippen molar-refractivity contribution in [2.75, 3.05) is 6.54 Å². The monoisotopic (exact) mass is 268 g/mol. The molecular formula is C11H12N2O6. The lowest BCUT2D eigenvalue weighted by molar-refractivity contribution is -0.385. The van der Waals surface area contributed by atoms with E-state index < -0.39 is 29.4 Å². The van der Waals surface area contributed by atoms with Crippen LogP contribution in [0.2, 0.25) is 0 Å². The first-order chi connectivity index (χ1) is 8.82. The van der Waals surface area contributed by atoms with Crippen LogP contribution in [-0.2, 0) is 4.79 Å². The summed E-state index contributed by atoms with van der Waals surface area (Å²) in [5.74, 6) is -2.15. The number of nitrogens with one attached hydrogen (secondary N) is 1. The van der Waals surface area contributed by atoms with Crippen LogP contribution in [0.15, 0.2) is 18.2 Å². The molecule has 0 bridgehead atoms. The van der Waals surface area contributed by atoms with Crippen LogP contribution in [0.5, 0.6) is 0 Å². The fourth-order valence-electron chi connectivity index (χ4n) is 1.33. The summed E-state index contributed by atoms with van der Waals surface area (Å²) in [7, 11) is 0. The van der Waals surface area contributed by atoms with Gasteiger partial charge in [-0.1, -0.05) is 6.07 Å². The van der Waals surface area contributed by atoms with Crippen molar-refractivity contribution in [3.8, 4) is 0 Å². The predicted octanol–water partition coefficient (Wildman–Crippen LogP) is 0.0785. The molecule has 0 fully saturated rings. The molecular weight excluding hydrogens is 256 g/mol. The van der Waals surface area contributed by atoms with Crippen LogP contribution in [0.1, 0.15) is 15.9 Å². The Bertz CT molecular complexity index is 528. The van der Waals surface area contributed by atoms with Gasteiger partial charge < -0.3 is 15.5 Å². The van der Waals surface area contributed by atoms with Crippen molar-refractivity contribution in [1.82, 2.24) is 5.32 Å². The molecule has 1 amide bonds. The number of carbonyl (C=O) groups is 2. The molecule has 0 spiro atoms. The molecule has 0 saturated heterocycles. The van der Waals surface area contributed by atoms with Gasteiger partial charge in [-0.2, -0.15) is 0 Å². The van der Waals surface area contributed by atoms with Crippen LogP contribution in [-0.4, -0.2) is 39.7 Å². The van der Waals surface area contributed by atoms with Crippen LogP contribution in [0, 0.1) is 17.0 Å². The van der Waals surface area contributed by atoms with Gasteiger partial charge >= 0.3 is 5.97 Å². The van der Waals surface area contributed by atoms with Crippen LogP contribution in [0.4, 0.5) is 5.69 Å². The smallest absolute Gasteiger partial charge is 0.334 e. The molecule has 0 aromatic heterocycles. The number of aliphatic hydroxyl groups excluding tert-OH is 1. The zero-order valence-corrected chi connectivity index (χ0v) is 9.99. The Morgan fingerprint density at radius 3 is 2.63 bits per heavy atom. The lowest BCUT2D eigenvalue weighted by atomic mass is 10.1. The van der Waals surface area contributed by atoms with E-state index in [1.807, 2.05) is 0 Å². The quantitative estimate of drug-likeness (QED) is 0.512. The highest BCUT2D eigenvalue weighted by atomic mass is 16.6. The Morgan fingerprint density at radius 2 is 2.11 bits per heavy atom. The van der Waals surface area contributed by atoms with Crippen molar-refractivity contribution in [1.29, 1.82) is 0 Å². The summed E-state index contributed by atoms with van der Waals surface area (Å²) in [5.41, 5.74) is 0.230. The first-order valence-electron chi connectivity index (χ1n) is 5.27. The lowest BCUT2D eigenvalue weighted by Gasteiger charge is -2.08. The van der Waals surface area contributed by atoms with Gasteiger partial charge in [-0.25, -0.2) is 4.79 Å². The van der Waals surface area contributed by atoms with Crippen LogP contribution < -0.4 is 5.32 Å². The number of hydrogen-bond donors (Lipinski definition) is 3. The van der Waals surface area contributed by atoms with Crippen molar-refractivity contribution in [2.45, 2.75) is 13.0 Å². The highest BCUT2D eigenvalue weighted by Crippen LogP contribution is 2.19. The van der Waals surface area contributed by atoms with Gasteiger partial charge in [0.25, 0.3) is 11.6 Å². The van der Waals surface area contributed by atoms with Gasteiger partial charge in [0.15, 0.2) is 6.10 Å². The van der Waals surface area contributed by atoms with Gasteiger partial charge in [0, 0.05) is 17.2 Å². The SMILES string of the molecule is Cc1ccc(C(=O)NCC(O)C(=O)O)cc1[N+](=O)[O-]. The number of carboxylic acid groups (broad SMARTS) is 1. The average molecular weight is 268 g/mol. The molecule has 8 nitrogen and oxygen atoms in total. The van der Waals surface area contributed by atoms with E-state index in [0.717, 1.165) is 6.07 Å². The van der Waals surface area contributed by atoms with E-state index in [9.17, 15) is 19.7 Å². The van der Waals surface area contributed by atoms with Crippen LogP contribution in [0.25, 0.3) is 0 Å². The fourth-order valence-corrected chi connectivity index (χ4v) is 1.33. The molecule has 3 N–H and O–H groups in total. The molecule has 8 heteroatoms. The zero-order chi connectivity index (χ0) is 14.6. The molecule has 0 heterocycles. The van der Waals surface area contributed by atoms with E-state index in [1.165, 1.54) is 19.1 Å². The number of aliphatic hydroxyl groups is 1.